The first kappa shape index (κ1) is 28.1. The van der Waals surface area contributed by atoms with E-state index in [1.165, 1.54) is 51.9 Å². The summed E-state index contributed by atoms with van der Waals surface area (Å²) in [6.07, 6.45) is 4.35. The molecule has 2 aliphatic rings. The summed E-state index contributed by atoms with van der Waals surface area (Å²) in [5.41, 5.74) is 13.8. The number of piperidine rings is 1. The summed E-state index contributed by atoms with van der Waals surface area (Å²) in [6, 6.07) is 13.3. The molecule has 6 nitrogen and oxygen atoms in total. The van der Waals surface area contributed by atoms with Crippen molar-refractivity contribution in [1.29, 1.82) is 0 Å². The number of aromatic nitrogens is 4. The molecule has 0 unspecified atom stereocenters. The van der Waals surface area contributed by atoms with Crippen molar-refractivity contribution in [1.82, 2.24) is 19.9 Å². The number of aromatic amines is 1. The zero-order valence-electron chi connectivity index (χ0n) is 26.2. The molecule has 0 amide bonds. The molecule has 3 aromatic heterocycles. The van der Waals surface area contributed by atoms with Gasteiger partial charge in [-0.15, -0.1) is 0 Å². The molecule has 2 aliphatic heterocycles. The predicted octanol–water partition coefficient (Wildman–Crippen LogP) is 8.50. The predicted molar refractivity (Wildman–Crippen MR) is 180 cm³/mol. The fourth-order valence-corrected chi connectivity index (χ4v) is 7.47. The SMILES string of the molecule is CCc1c(C)nc(C)c(-c2ccc3c(c2)CCN(c2nc(Cl)c4c(n2)[nH]c2cc(C)ccc24)C3)c1N1CCC(C)(C)CC1. The molecule has 7 heteroatoms. The average Bonchev–Trinajstić information content (AvgIpc) is 3.34. The molecule has 0 bridgehead atoms. The third-order valence-electron chi connectivity index (χ3n) is 9.78. The van der Waals surface area contributed by atoms with E-state index < -0.39 is 0 Å². The molecule has 0 radical (unpaired) electrons. The Kier molecular flexibility index (Phi) is 6.88. The molecule has 1 fully saturated rings. The Balaban J connectivity index is 1.23. The molecule has 43 heavy (non-hydrogen) atoms. The second-order valence-corrected chi connectivity index (χ2v) is 13.7. The highest BCUT2D eigenvalue weighted by Crippen LogP contribution is 2.42. The van der Waals surface area contributed by atoms with Crippen LogP contribution in [0.4, 0.5) is 11.6 Å². The Labute approximate surface area is 259 Å². The highest BCUT2D eigenvalue weighted by molar-refractivity contribution is 6.36. The van der Waals surface area contributed by atoms with Crippen molar-refractivity contribution >= 4 is 45.2 Å². The van der Waals surface area contributed by atoms with Gasteiger partial charge in [0.1, 0.15) is 10.8 Å². The van der Waals surface area contributed by atoms with Crippen LogP contribution in [0.1, 0.15) is 67.3 Å². The van der Waals surface area contributed by atoms with Crippen molar-refractivity contribution in [3.05, 3.63) is 75.2 Å². The summed E-state index contributed by atoms with van der Waals surface area (Å²) in [4.78, 5) is 23.1. The zero-order valence-corrected chi connectivity index (χ0v) is 27.0. The van der Waals surface area contributed by atoms with Crippen LogP contribution in [0.15, 0.2) is 36.4 Å². The average molecular weight is 593 g/mol. The van der Waals surface area contributed by atoms with E-state index in [1.54, 1.807) is 0 Å². The number of benzene rings is 2. The van der Waals surface area contributed by atoms with Gasteiger partial charge in [0.05, 0.1) is 11.1 Å². The monoisotopic (exact) mass is 592 g/mol. The van der Waals surface area contributed by atoms with Crippen LogP contribution in [0.25, 0.3) is 33.1 Å². The summed E-state index contributed by atoms with van der Waals surface area (Å²) in [6.45, 7) is 17.3. The van der Waals surface area contributed by atoms with E-state index in [1.807, 2.05) is 0 Å². The minimum Gasteiger partial charge on any atom is -0.371 e. The summed E-state index contributed by atoms with van der Waals surface area (Å²) < 4.78 is 0. The van der Waals surface area contributed by atoms with Crippen molar-refractivity contribution < 1.29 is 0 Å². The first-order valence-electron chi connectivity index (χ1n) is 15.7. The number of aryl methyl sites for hydroxylation is 3. The molecular formula is C36H41ClN6. The Morgan fingerprint density at radius 1 is 0.884 bits per heavy atom. The third kappa shape index (κ3) is 4.94. The lowest BCUT2D eigenvalue weighted by molar-refractivity contribution is 0.279. The largest absolute Gasteiger partial charge is 0.371 e. The number of hydrogen-bond donors (Lipinski definition) is 1. The standard InChI is InChI=1S/C36H41ClN6/c1-7-27-22(3)38-23(4)30(32(27)42-16-13-36(5,6)14-17-42)25-9-10-26-20-43(15-12-24(26)19-25)35-40-33(37)31-28-11-8-21(2)18-29(28)39-34(31)41-35/h8-11,18-19H,7,12-17,20H2,1-6H3,(H,39,40,41). The Bertz CT molecular complexity index is 1880. The molecule has 222 valence electrons. The maximum absolute atomic E-state index is 6.77. The van der Waals surface area contributed by atoms with Gasteiger partial charge in [0.2, 0.25) is 5.95 Å². The number of rotatable bonds is 4. The van der Waals surface area contributed by atoms with E-state index >= 15 is 0 Å². The number of H-pyrrole nitrogens is 1. The molecule has 1 saturated heterocycles. The second-order valence-electron chi connectivity index (χ2n) is 13.4. The Morgan fingerprint density at radius 2 is 1.67 bits per heavy atom. The van der Waals surface area contributed by atoms with Gasteiger partial charge in [-0.2, -0.15) is 4.98 Å². The van der Waals surface area contributed by atoms with Gasteiger partial charge in [-0.1, -0.05) is 62.7 Å². The second kappa shape index (κ2) is 10.5. The zero-order chi connectivity index (χ0) is 30.0. The summed E-state index contributed by atoms with van der Waals surface area (Å²) in [7, 11) is 0. The number of pyridine rings is 1. The van der Waals surface area contributed by atoms with E-state index in [2.05, 4.69) is 92.7 Å². The van der Waals surface area contributed by atoms with Crippen molar-refractivity contribution in [2.75, 3.05) is 29.4 Å². The van der Waals surface area contributed by atoms with Crippen molar-refractivity contribution in [2.45, 2.75) is 73.8 Å². The number of halogens is 1. The van der Waals surface area contributed by atoms with Crippen LogP contribution in [-0.2, 0) is 19.4 Å². The van der Waals surface area contributed by atoms with Crippen LogP contribution in [0.2, 0.25) is 5.15 Å². The van der Waals surface area contributed by atoms with E-state index in [0.717, 1.165) is 72.3 Å². The van der Waals surface area contributed by atoms with Gasteiger partial charge in [-0.3, -0.25) is 4.98 Å². The van der Waals surface area contributed by atoms with Gasteiger partial charge < -0.3 is 14.8 Å². The van der Waals surface area contributed by atoms with Crippen molar-refractivity contribution in [3.63, 3.8) is 0 Å². The molecule has 1 N–H and O–H groups in total. The molecule has 5 aromatic rings. The Morgan fingerprint density at radius 3 is 2.44 bits per heavy atom. The maximum atomic E-state index is 6.77. The number of anilines is 2. The minimum absolute atomic E-state index is 0.406. The van der Waals surface area contributed by atoms with Gasteiger partial charge in [0.15, 0.2) is 0 Å². The minimum atomic E-state index is 0.406. The number of hydrogen-bond acceptors (Lipinski definition) is 5. The normalized spacial score (nSPS) is 16.7. The van der Waals surface area contributed by atoms with Crippen LogP contribution in [0.3, 0.4) is 0 Å². The van der Waals surface area contributed by atoms with E-state index in [0.29, 0.717) is 16.5 Å². The quantitative estimate of drug-likeness (QED) is 0.212. The van der Waals surface area contributed by atoms with Crippen LogP contribution in [-0.4, -0.2) is 39.6 Å². The van der Waals surface area contributed by atoms with E-state index in [9.17, 15) is 0 Å². The highest BCUT2D eigenvalue weighted by atomic mass is 35.5. The molecule has 7 rings (SSSR count). The van der Waals surface area contributed by atoms with Crippen molar-refractivity contribution in [3.8, 4) is 11.1 Å². The lowest BCUT2D eigenvalue weighted by Crippen LogP contribution is -2.38. The van der Waals surface area contributed by atoms with Crippen LogP contribution in [0, 0.1) is 26.2 Å². The third-order valence-corrected chi connectivity index (χ3v) is 10.1. The number of nitrogens with zero attached hydrogens (tertiary/aromatic N) is 5. The first-order valence-corrected chi connectivity index (χ1v) is 16.1. The molecule has 0 atom stereocenters. The first-order chi connectivity index (χ1) is 20.6. The number of nitrogens with one attached hydrogen (secondary N) is 1. The summed E-state index contributed by atoms with van der Waals surface area (Å²) >= 11 is 6.77. The lowest BCUT2D eigenvalue weighted by Gasteiger charge is -2.40. The fourth-order valence-electron chi connectivity index (χ4n) is 7.20. The van der Waals surface area contributed by atoms with Gasteiger partial charge >= 0.3 is 0 Å². The lowest BCUT2D eigenvalue weighted by atomic mass is 9.82. The van der Waals surface area contributed by atoms with E-state index in [-0.39, 0.29) is 0 Å². The topological polar surface area (TPSA) is 60.9 Å². The fraction of sp³-hybridized carbons (Fsp3) is 0.417. The molecule has 0 aliphatic carbocycles. The molecule has 5 heterocycles. The molecular weight excluding hydrogens is 552 g/mol. The summed E-state index contributed by atoms with van der Waals surface area (Å²) in [5, 5.41) is 2.46. The molecule has 0 spiro atoms. The van der Waals surface area contributed by atoms with Crippen molar-refractivity contribution in [2.24, 2.45) is 5.41 Å². The van der Waals surface area contributed by atoms with Crippen LogP contribution in [0.5, 0.6) is 0 Å². The highest BCUT2D eigenvalue weighted by Gasteiger charge is 2.30. The van der Waals surface area contributed by atoms with Gasteiger partial charge in [0.25, 0.3) is 0 Å². The smallest absolute Gasteiger partial charge is 0.229 e. The van der Waals surface area contributed by atoms with Gasteiger partial charge in [-0.25, -0.2) is 4.98 Å². The van der Waals surface area contributed by atoms with Gasteiger partial charge in [-0.05, 0) is 85.8 Å². The van der Waals surface area contributed by atoms with E-state index in [4.69, 9.17) is 26.6 Å². The van der Waals surface area contributed by atoms with Gasteiger partial charge in [0, 0.05) is 54.0 Å². The summed E-state index contributed by atoms with van der Waals surface area (Å²) in [5.74, 6) is 0.678. The molecule has 2 aromatic carbocycles. The van der Waals surface area contributed by atoms with Crippen LogP contribution < -0.4 is 9.80 Å². The molecule has 0 saturated carbocycles. The number of fused-ring (bicyclic) bond motifs is 4. The van der Waals surface area contributed by atoms with Crippen LogP contribution >= 0.6 is 11.6 Å². The maximum Gasteiger partial charge on any atom is 0.229 e. The Hall–Kier alpha value is -3.64.